The van der Waals surface area contributed by atoms with Gasteiger partial charge in [0.05, 0.1) is 6.61 Å². The molecule has 0 aromatic heterocycles. The Morgan fingerprint density at radius 3 is 2.12 bits per heavy atom. The Kier molecular flexibility index (Phi) is 4.26. The standard InChI is InChI=1S/C21H22N2O2/c1-2-25-21(22-20(24)15-11-12-15)23-13-16-7-3-5-9-18(16)19-10-6-4-8-17(19)14-23/h3-10,15H,2,11-14H2,1H3. The number of carbonyl (C=O) groups excluding carboxylic acids is 1. The van der Waals surface area contributed by atoms with Crippen LogP contribution in [0.4, 0.5) is 0 Å². The first-order valence-electron chi connectivity index (χ1n) is 8.92. The summed E-state index contributed by atoms with van der Waals surface area (Å²) in [7, 11) is 0. The molecular formula is C21H22N2O2. The van der Waals surface area contributed by atoms with Gasteiger partial charge in [0, 0.05) is 19.0 Å². The van der Waals surface area contributed by atoms with E-state index >= 15 is 0 Å². The van der Waals surface area contributed by atoms with E-state index in [1.54, 1.807) is 0 Å². The summed E-state index contributed by atoms with van der Waals surface area (Å²) in [6, 6.07) is 17.3. The molecule has 2 aromatic carbocycles. The fourth-order valence-corrected chi connectivity index (χ4v) is 3.28. The highest BCUT2D eigenvalue weighted by Crippen LogP contribution is 2.33. The highest BCUT2D eigenvalue weighted by molar-refractivity contribution is 5.93. The van der Waals surface area contributed by atoms with Crippen LogP contribution < -0.4 is 0 Å². The minimum atomic E-state index is -0.0470. The van der Waals surface area contributed by atoms with Crippen LogP contribution >= 0.6 is 0 Å². The SMILES string of the molecule is CCOC(=NC(=O)C1CC1)N1Cc2ccccc2-c2ccccc2C1. The van der Waals surface area contributed by atoms with Crippen LogP contribution in [-0.2, 0) is 22.6 Å². The van der Waals surface area contributed by atoms with Crippen LogP contribution in [0.1, 0.15) is 30.9 Å². The molecule has 1 aliphatic carbocycles. The average molecular weight is 334 g/mol. The molecule has 1 heterocycles. The Morgan fingerprint density at radius 2 is 1.60 bits per heavy atom. The molecule has 4 rings (SSSR count). The molecular weight excluding hydrogens is 312 g/mol. The highest BCUT2D eigenvalue weighted by atomic mass is 16.5. The number of fused-ring (bicyclic) bond motifs is 3. The van der Waals surface area contributed by atoms with Gasteiger partial charge in [0.15, 0.2) is 0 Å². The lowest BCUT2D eigenvalue weighted by molar-refractivity contribution is -0.119. The molecule has 4 nitrogen and oxygen atoms in total. The number of ether oxygens (including phenoxy) is 1. The summed E-state index contributed by atoms with van der Waals surface area (Å²) >= 11 is 0. The summed E-state index contributed by atoms with van der Waals surface area (Å²) in [6.45, 7) is 3.79. The summed E-state index contributed by atoms with van der Waals surface area (Å²) in [4.78, 5) is 18.6. The number of amides is 1. The molecule has 2 aromatic rings. The van der Waals surface area contributed by atoms with E-state index in [2.05, 4.69) is 58.4 Å². The van der Waals surface area contributed by atoms with Gasteiger partial charge in [-0.05, 0) is 42.0 Å². The van der Waals surface area contributed by atoms with Crippen LogP contribution in [0.3, 0.4) is 0 Å². The minimum Gasteiger partial charge on any atom is -0.465 e. The minimum absolute atomic E-state index is 0.0470. The number of carbonyl (C=O) groups is 1. The zero-order chi connectivity index (χ0) is 17.2. The van der Waals surface area contributed by atoms with Gasteiger partial charge in [0.2, 0.25) is 0 Å². The molecule has 0 atom stereocenters. The van der Waals surface area contributed by atoms with Crippen LogP contribution in [0.25, 0.3) is 11.1 Å². The van der Waals surface area contributed by atoms with Gasteiger partial charge in [-0.15, -0.1) is 0 Å². The molecule has 1 fully saturated rings. The Bertz CT molecular complexity index is 777. The molecule has 1 aliphatic heterocycles. The van der Waals surface area contributed by atoms with Crippen molar-refractivity contribution in [2.75, 3.05) is 6.61 Å². The van der Waals surface area contributed by atoms with E-state index in [0.29, 0.717) is 25.7 Å². The van der Waals surface area contributed by atoms with E-state index in [-0.39, 0.29) is 11.8 Å². The largest absolute Gasteiger partial charge is 0.465 e. The van der Waals surface area contributed by atoms with E-state index in [1.807, 2.05) is 6.92 Å². The smallest absolute Gasteiger partial charge is 0.295 e. The number of hydrogen-bond acceptors (Lipinski definition) is 2. The first kappa shape index (κ1) is 15.9. The van der Waals surface area contributed by atoms with Gasteiger partial charge in [0.1, 0.15) is 0 Å². The fraction of sp³-hybridized carbons (Fsp3) is 0.333. The number of benzene rings is 2. The van der Waals surface area contributed by atoms with Gasteiger partial charge in [-0.2, -0.15) is 4.99 Å². The molecule has 0 saturated heterocycles. The van der Waals surface area contributed by atoms with Crippen molar-refractivity contribution in [2.45, 2.75) is 32.9 Å². The number of aliphatic imine (C=N–C) groups is 1. The van der Waals surface area contributed by atoms with Gasteiger partial charge in [-0.1, -0.05) is 48.5 Å². The molecule has 0 unspecified atom stereocenters. The van der Waals surface area contributed by atoms with Gasteiger partial charge < -0.3 is 9.64 Å². The van der Waals surface area contributed by atoms with Gasteiger partial charge in [-0.3, -0.25) is 4.79 Å². The predicted molar refractivity (Wildman–Crippen MR) is 97.9 cm³/mol. The summed E-state index contributed by atoms with van der Waals surface area (Å²) in [5, 5.41) is 0. The van der Waals surface area contributed by atoms with E-state index in [4.69, 9.17) is 4.74 Å². The molecule has 0 N–H and O–H groups in total. The second-order valence-corrected chi connectivity index (χ2v) is 6.61. The zero-order valence-electron chi connectivity index (χ0n) is 14.4. The number of hydrogen-bond donors (Lipinski definition) is 0. The third-order valence-electron chi connectivity index (χ3n) is 4.72. The maximum Gasteiger partial charge on any atom is 0.295 e. The maximum atomic E-state index is 12.2. The van der Waals surface area contributed by atoms with Crippen LogP contribution in [0.5, 0.6) is 0 Å². The average Bonchev–Trinajstić information content (AvgIpc) is 3.47. The van der Waals surface area contributed by atoms with Crippen molar-refractivity contribution in [3.05, 3.63) is 59.7 Å². The van der Waals surface area contributed by atoms with Crippen LogP contribution in [0.2, 0.25) is 0 Å². The van der Waals surface area contributed by atoms with Crippen molar-refractivity contribution in [2.24, 2.45) is 10.9 Å². The van der Waals surface area contributed by atoms with Crippen LogP contribution in [0, 0.1) is 5.92 Å². The Hall–Kier alpha value is -2.62. The Balaban J connectivity index is 1.74. The van der Waals surface area contributed by atoms with Crippen molar-refractivity contribution in [1.29, 1.82) is 0 Å². The molecule has 25 heavy (non-hydrogen) atoms. The monoisotopic (exact) mass is 334 g/mol. The third-order valence-corrected chi connectivity index (χ3v) is 4.72. The number of amidine groups is 1. The van der Waals surface area contributed by atoms with Gasteiger partial charge in [0.25, 0.3) is 11.9 Å². The second kappa shape index (κ2) is 6.71. The van der Waals surface area contributed by atoms with Crippen molar-refractivity contribution in [1.82, 2.24) is 4.90 Å². The van der Waals surface area contributed by atoms with Gasteiger partial charge in [-0.25, -0.2) is 0 Å². The van der Waals surface area contributed by atoms with Crippen LogP contribution in [0.15, 0.2) is 53.5 Å². The topological polar surface area (TPSA) is 41.9 Å². The first-order chi connectivity index (χ1) is 12.3. The molecule has 0 bridgehead atoms. The zero-order valence-corrected chi connectivity index (χ0v) is 14.4. The number of rotatable bonds is 2. The second-order valence-electron chi connectivity index (χ2n) is 6.61. The van der Waals surface area contributed by atoms with E-state index < -0.39 is 0 Å². The summed E-state index contributed by atoms with van der Waals surface area (Å²) in [5.41, 5.74) is 4.92. The molecule has 2 aliphatic rings. The fourth-order valence-electron chi connectivity index (χ4n) is 3.28. The lowest BCUT2D eigenvalue weighted by Crippen LogP contribution is -2.32. The quantitative estimate of drug-likeness (QED) is 0.616. The van der Waals surface area contributed by atoms with Crippen molar-refractivity contribution < 1.29 is 9.53 Å². The van der Waals surface area contributed by atoms with E-state index in [9.17, 15) is 4.79 Å². The first-order valence-corrected chi connectivity index (χ1v) is 8.92. The molecule has 0 radical (unpaired) electrons. The highest BCUT2D eigenvalue weighted by Gasteiger charge is 2.31. The predicted octanol–water partition coefficient (Wildman–Crippen LogP) is 4.00. The van der Waals surface area contributed by atoms with Crippen LogP contribution in [-0.4, -0.2) is 23.4 Å². The summed E-state index contributed by atoms with van der Waals surface area (Å²) in [5.74, 6) is 0.0521. The Labute approximate surface area is 148 Å². The lowest BCUT2D eigenvalue weighted by atomic mass is 9.97. The van der Waals surface area contributed by atoms with Crippen molar-refractivity contribution >= 4 is 11.9 Å². The van der Waals surface area contributed by atoms with Gasteiger partial charge >= 0.3 is 0 Å². The summed E-state index contributed by atoms with van der Waals surface area (Å²) < 4.78 is 5.77. The Morgan fingerprint density at radius 1 is 1.04 bits per heavy atom. The van der Waals surface area contributed by atoms with Crippen molar-refractivity contribution in [3.63, 3.8) is 0 Å². The molecule has 0 spiro atoms. The number of nitrogens with zero attached hydrogens (tertiary/aromatic N) is 2. The van der Waals surface area contributed by atoms with E-state index in [0.717, 1.165) is 12.8 Å². The summed E-state index contributed by atoms with van der Waals surface area (Å²) in [6.07, 6.45) is 1.90. The molecule has 1 saturated carbocycles. The van der Waals surface area contributed by atoms with E-state index in [1.165, 1.54) is 22.3 Å². The third kappa shape index (κ3) is 3.29. The maximum absolute atomic E-state index is 12.2. The molecule has 1 amide bonds. The molecule has 4 heteroatoms. The lowest BCUT2D eigenvalue weighted by Gasteiger charge is -2.24. The normalized spacial score (nSPS) is 16.7. The molecule has 128 valence electrons. The van der Waals surface area contributed by atoms with Crippen molar-refractivity contribution in [3.8, 4) is 11.1 Å².